The van der Waals surface area contributed by atoms with Crippen molar-refractivity contribution in [3.05, 3.63) is 88.5 Å². The van der Waals surface area contributed by atoms with Crippen molar-refractivity contribution in [2.75, 3.05) is 14.2 Å². The van der Waals surface area contributed by atoms with Crippen molar-refractivity contribution in [2.24, 2.45) is 0 Å². The molecule has 0 fully saturated rings. The number of ether oxygens (including phenoxy) is 3. The van der Waals surface area contributed by atoms with E-state index in [0.717, 1.165) is 39.1 Å². The number of carbonyl (C=O) groups excluding carboxylic acids is 1. The number of rotatable bonds is 3. The van der Waals surface area contributed by atoms with Gasteiger partial charge in [0, 0.05) is 16.7 Å². The molecule has 0 amide bonds. The fourth-order valence-corrected chi connectivity index (χ4v) is 3.49. The highest BCUT2D eigenvalue weighted by Gasteiger charge is 2.26. The monoisotopic (exact) mass is 384 g/mol. The van der Waals surface area contributed by atoms with Crippen LogP contribution in [-0.4, -0.2) is 20.2 Å². The Morgan fingerprint density at radius 1 is 0.931 bits per heavy atom. The topological polar surface area (TPSA) is 44.8 Å². The first-order chi connectivity index (χ1) is 14.2. The molecule has 144 valence electrons. The molecule has 4 nitrogen and oxygen atoms in total. The fourth-order valence-electron chi connectivity index (χ4n) is 3.49. The van der Waals surface area contributed by atoms with E-state index in [9.17, 15) is 4.79 Å². The highest BCUT2D eigenvalue weighted by Crippen LogP contribution is 2.37. The lowest BCUT2D eigenvalue weighted by molar-refractivity contribution is 0.0601. The van der Waals surface area contributed by atoms with Gasteiger partial charge >= 0.3 is 5.97 Å². The Morgan fingerprint density at radius 2 is 1.66 bits per heavy atom. The van der Waals surface area contributed by atoms with E-state index in [1.54, 1.807) is 7.11 Å². The number of hydrogen-bond donors (Lipinski definition) is 0. The van der Waals surface area contributed by atoms with Crippen molar-refractivity contribution >= 4 is 5.97 Å². The van der Waals surface area contributed by atoms with Crippen molar-refractivity contribution in [3.63, 3.8) is 0 Å². The highest BCUT2D eigenvalue weighted by molar-refractivity contribution is 5.99. The van der Waals surface area contributed by atoms with Gasteiger partial charge in [-0.3, -0.25) is 0 Å². The smallest absolute Gasteiger partial charge is 0.338 e. The molecule has 4 heteroatoms. The SMILES string of the molecule is COC(=O)c1cc(C#Cc2ccccc2)c2c(c1-c1ccc(OC)cc1)COC2. The predicted octanol–water partition coefficient (Wildman–Crippen LogP) is 4.58. The Kier molecular flexibility index (Phi) is 5.33. The molecule has 0 bridgehead atoms. The van der Waals surface area contributed by atoms with Gasteiger partial charge in [0.05, 0.1) is 33.0 Å². The third-order valence-corrected chi connectivity index (χ3v) is 4.94. The molecule has 29 heavy (non-hydrogen) atoms. The van der Waals surface area contributed by atoms with Gasteiger partial charge < -0.3 is 14.2 Å². The normalized spacial score (nSPS) is 11.9. The van der Waals surface area contributed by atoms with Crippen LogP contribution in [-0.2, 0) is 22.7 Å². The number of benzene rings is 3. The third kappa shape index (κ3) is 3.73. The molecular weight excluding hydrogens is 364 g/mol. The predicted molar refractivity (Wildman–Crippen MR) is 111 cm³/mol. The van der Waals surface area contributed by atoms with Crippen LogP contribution in [0.4, 0.5) is 0 Å². The number of carbonyl (C=O) groups is 1. The second-order valence-electron chi connectivity index (χ2n) is 6.63. The molecule has 0 atom stereocenters. The molecule has 0 radical (unpaired) electrons. The van der Waals surface area contributed by atoms with Crippen LogP contribution in [0.25, 0.3) is 11.1 Å². The number of hydrogen-bond acceptors (Lipinski definition) is 4. The van der Waals surface area contributed by atoms with Gasteiger partial charge in [-0.1, -0.05) is 42.2 Å². The van der Waals surface area contributed by atoms with Crippen LogP contribution in [0.5, 0.6) is 5.75 Å². The van der Waals surface area contributed by atoms with Crippen LogP contribution in [0.1, 0.15) is 32.6 Å². The zero-order valence-corrected chi connectivity index (χ0v) is 16.3. The average molecular weight is 384 g/mol. The minimum atomic E-state index is -0.395. The van der Waals surface area contributed by atoms with Crippen molar-refractivity contribution in [1.82, 2.24) is 0 Å². The molecule has 1 aliphatic heterocycles. The maximum absolute atomic E-state index is 12.6. The van der Waals surface area contributed by atoms with E-state index >= 15 is 0 Å². The Labute approximate surface area is 170 Å². The standard InChI is InChI=1S/C25H20O4/c1-27-20-12-10-18(11-13-20)24-21(25(26)28-2)14-19(22-15-29-16-23(22)24)9-8-17-6-4-3-5-7-17/h3-7,10-14H,15-16H2,1-2H3. The molecule has 0 unspecified atom stereocenters. The van der Waals surface area contributed by atoms with E-state index in [-0.39, 0.29) is 0 Å². The van der Waals surface area contributed by atoms with Gasteiger partial charge in [0.2, 0.25) is 0 Å². The molecule has 3 aromatic carbocycles. The summed E-state index contributed by atoms with van der Waals surface area (Å²) in [6.07, 6.45) is 0. The van der Waals surface area contributed by atoms with Gasteiger partial charge in [0.25, 0.3) is 0 Å². The summed E-state index contributed by atoms with van der Waals surface area (Å²) < 4.78 is 16.1. The van der Waals surface area contributed by atoms with E-state index in [0.29, 0.717) is 18.8 Å². The van der Waals surface area contributed by atoms with E-state index in [2.05, 4.69) is 11.8 Å². The molecule has 0 saturated carbocycles. The highest BCUT2D eigenvalue weighted by atomic mass is 16.5. The average Bonchev–Trinajstić information content (AvgIpc) is 3.27. The zero-order valence-electron chi connectivity index (χ0n) is 16.3. The van der Waals surface area contributed by atoms with Gasteiger partial charge in [0.15, 0.2) is 0 Å². The summed E-state index contributed by atoms with van der Waals surface area (Å²) in [5.41, 5.74) is 5.94. The summed E-state index contributed by atoms with van der Waals surface area (Å²) in [6.45, 7) is 0.903. The number of methoxy groups -OCH3 is 2. The van der Waals surface area contributed by atoms with Crippen LogP contribution in [0, 0.1) is 11.8 Å². The summed E-state index contributed by atoms with van der Waals surface area (Å²) >= 11 is 0. The maximum atomic E-state index is 12.6. The van der Waals surface area contributed by atoms with Crippen molar-refractivity contribution in [3.8, 4) is 28.7 Å². The molecule has 0 aromatic heterocycles. The third-order valence-electron chi connectivity index (χ3n) is 4.94. The maximum Gasteiger partial charge on any atom is 0.338 e. The summed E-state index contributed by atoms with van der Waals surface area (Å²) in [6, 6.07) is 19.2. The van der Waals surface area contributed by atoms with Crippen LogP contribution < -0.4 is 4.74 Å². The van der Waals surface area contributed by atoms with E-state index in [1.165, 1.54) is 7.11 Å². The van der Waals surface area contributed by atoms with Gasteiger partial charge in [0.1, 0.15) is 5.75 Å². The Morgan fingerprint density at radius 3 is 2.34 bits per heavy atom. The Bertz CT molecular complexity index is 1100. The molecule has 0 N–H and O–H groups in total. The van der Waals surface area contributed by atoms with E-state index in [4.69, 9.17) is 14.2 Å². The molecule has 1 aliphatic rings. The zero-order chi connectivity index (χ0) is 20.2. The van der Waals surface area contributed by atoms with Crippen molar-refractivity contribution in [2.45, 2.75) is 13.2 Å². The van der Waals surface area contributed by atoms with Crippen LogP contribution in [0.15, 0.2) is 60.7 Å². The summed E-state index contributed by atoms with van der Waals surface area (Å²) in [7, 11) is 3.01. The molecule has 0 saturated heterocycles. The lowest BCUT2D eigenvalue weighted by Gasteiger charge is -2.15. The van der Waals surface area contributed by atoms with Gasteiger partial charge in [-0.25, -0.2) is 4.79 Å². The Hall–Kier alpha value is -3.55. The van der Waals surface area contributed by atoms with Crippen molar-refractivity contribution in [1.29, 1.82) is 0 Å². The van der Waals surface area contributed by atoms with Gasteiger partial charge in [-0.15, -0.1) is 0 Å². The molecular formula is C25H20O4. The first-order valence-electron chi connectivity index (χ1n) is 9.27. The largest absolute Gasteiger partial charge is 0.497 e. The minimum absolute atomic E-state index is 0.395. The fraction of sp³-hybridized carbons (Fsp3) is 0.160. The van der Waals surface area contributed by atoms with Crippen LogP contribution in [0.2, 0.25) is 0 Å². The Balaban J connectivity index is 1.89. The van der Waals surface area contributed by atoms with E-state index < -0.39 is 5.97 Å². The van der Waals surface area contributed by atoms with Gasteiger partial charge in [-0.05, 0) is 47.0 Å². The van der Waals surface area contributed by atoms with Crippen LogP contribution >= 0.6 is 0 Å². The first-order valence-corrected chi connectivity index (χ1v) is 9.27. The minimum Gasteiger partial charge on any atom is -0.497 e. The molecule has 0 aliphatic carbocycles. The van der Waals surface area contributed by atoms with Crippen LogP contribution in [0.3, 0.4) is 0 Å². The van der Waals surface area contributed by atoms with E-state index in [1.807, 2.05) is 60.7 Å². The first kappa shape index (κ1) is 18.8. The summed E-state index contributed by atoms with van der Waals surface area (Å²) in [4.78, 5) is 12.6. The summed E-state index contributed by atoms with van der Waals surface area (Å²) in [5.74, 6) is 6.76. The second kappa shape index (κ2) is 8.22. The lowest BCUT2D eigenvalue weighted by atomic mass is 9.89. The molecule has 3 aromatic rings. The number of fused-ring (bicyclic) bond motifs is 1. The molecule has 4 rings (SSSR count). The molecule has 1 heterocycles. The quantitative estimate of drug-likeness (QED) is 0.490. The second-order valence-corrected chi connectivity index (χ2v) is 6.63. The van der Waals surface area contributed by atoms with Gasteiger partial charge in [-0.2, -0.15) is 0 Å². The number of esters is 1. The lowest BCUT2D eigenvalue weighted by Crippen LogP contribution is -2.08. The molecule has 0 spiro atoms. The van der Waals surface area contributed by atoms with Crippen molar-refractivity contribution < 1.29 is 19.0 Å². The summed E-state index contributed by atoms with van der Waals surface area (Å²) in [5, 5.41) is 0.